The van der Waals surface area contributed by atoms with E-state index in [1.54, 1.807) is 0 Å². The fourth-order valence-corrected chi connectivity index (χ4v) is 4.59. The summed E-state index contributed by atoms with van der Waals surface area (Å²) in [6, 6.07) is 42.2. The van der Waals surface area contributed by atoms with Crippen molar-refractivity contribution in [3.05, 3.63) is 121 Å². The van der Waals surface area contributed by atoms with Gasteiger partial charge in [-0.05, 0) is 59.4 Å². The molecule has 0 atom stereocenters. The molecule has 0 N–H and O–H groups in total. The van der Waals surface area contributed by atoms with Gasteiger partial charge in [-0.25, -0.2) is 4.98 Å². The fraction of sp³-hybridized carbons (Fsp3) is 0.121. The Balaban J connectivity index is 1.41. The molecule has 4 aromatic carbocycles. The summed E-state index contributed by atoms with van der Waals surface area (Å²) in [6.07, 6.45) is 2.18. The molecule has 3 heteroatoms. The summed E-state index contributed by atoms with van der Waals surface area (Å²) in [7, 11) is 0. The van der Waals surface area contributed by atoms with E-state index in [2.05, 4.69) is 125 Å². The van der Waals surface area contributed by atoms with E-state index in [1.165, 1.54) is 16.7 Å². The summed E-state index contributed by atoms with van der Waals surface area (Å²) in [5.74, 6) is 0.920. The molecule has 0 aliphatic rings. The summed E-state index contributed by atoms with van der Waals surface area (Å²) in [5, 5.41) is 1.02. The Morgan fingerprint density at radius 1 is 0.500 bits per heavy atom. The molecule has 0 saturated carbocycles. The molecule has 0 aliphatic carbocycles. The van der Waals surface area contributed by atoms with Crippen molar-refractivity contribution in [1.82, 2.24) is 4.98 Å². The number of benzene rings is 4. The summed E-state index contributed by atoms with van der Waals surface area (Å²) in [5.41, 5.74) is 8.86. The lowest BCUT2D eigenvalue weighted by Gasteiger charge is -2.11. The molecular formula is C33H28BrNO. The quantitative estimate of drug-likeness (QED) is 0.139. The van der Waals surface area contributed by atoms with E-state index in [-0.39, 0.29) is 0 Å². The number of aromatic nitrogens is 1. The number of alkyl halides is 1. The highest BCUT2D eigenvalue weighted by atomic mass is 79.9. The second-order valence-corrected chi connectivity index (χ2v) is 9.50. The highest BCUT2D eigenvalue weighted by Crippen LogP contribution is 2.32. The lowest BCUT2D eigenvalue weighted by molar-refractivity contribution is 0.310. The van der Waals surface area contributed by atoms with Crippen molar-refractivity contribution >= 4 is 15.9 Å². The molecule has 0 spiro atoms. The minimum absolute atomic E-state index is 0.752. The molecule has 0 fully saturated rings. The van der Waals surface area contributed by atoms with Crippen LogP contribution in [0.3, 0.4) is 0 Å². The third-order valence-corrected chi connectivity index (χ3v) is 6.73. The molecule has 5 rings (SSSR count). The molecule has 0 radical (unpaired) electrons. The molecule has 0 bridgehead atoms. The molecule has 0 aliphatic heterocycles. The molecule has 36 heavy (non-hydrogen) atoms. The van der Waals surface area contributed by atoms with Gasteiger partial charge >= 0.3 is 0 Å². The Morgan fingerprint density at radius 3 is 1.47 bits per heavy atom. The van der Waals surface area contributed by atoms with Crippen LogP contribution in [0.2, 0.25) is 0 Å². The van der Waals surface area contributed by atoms with Crippen molar-refractivity contribution in [2.75, 3.05) is 11.9 Å². The van der Waals surface area contributed by atoms with Crippen molar-refractivity contribution in [1.29, 1.82) is 0 Å². The maximum atomic E-state index is 5.84. The largest absolute Gasteiger partial charge is 0.494 e. The first-order valence-corrected chi connectivity index (χ1v) is 13.4. The minimum Gasteiger partial charge on any atom is -0.494 e. The molecule has 5 aromatic rings. The topological polar surface area (TPSA) is 22.1 Å². The zero-order valence-corrected chi connectivity index (χ0v) is 21.7. The number of rotatable bonds is 9. The average Bonchev–Trinajstić information content (AvgIpc) is 2.96. The molecule has 178 valence electrons. The number of nitrogens with zero attached hydrogens (tertiary/aromatic N) is 1. The molecule has 0 amide bonds. The highest BCUT2D eigenvalue weighted by Gasteiger charge is 2.09. The Bertz CT molecular complexity index is 1320. The third kappa shape index (κ3) is 5.92. The Labute approximate surface area is 221 Å². The Kier molecular flexibility index (Phi) is 7.89. The van der Waals surface area contributed by atoms with E-state index < -0.39 is 0 Å². The third-order valence-electron chi connectivity index (χ3n) is 6.17. The predicted molar refractivity (Wildman–Crippen MR) is 155 cm³/mol. The summed E-state index contributed by atoms with van der Waals surface area (Å²) >= 11 is 3.46. The van der Waals surface area contributed by atoms with E-state index in [0.717, 1.165) is 58.6 Å². The van der Waals surface area contributed by atoms with E-state index in [1.807, 2.05) is 12.1 Å². The molecule has 2 nitrogen and oxygen atoms in total. The Morgan fingerprint density at radius 2 is 0.972 bits per heavy atom. The molecule has 1 heterocycles. The van der Waals surface area contributed by atoms with Crippen LogP contribution in [0.1, 0.15) is 12.8 Å². The van der Waals surface area contributed by atoms with Crippen LogP contribution in [0.15, 0.2) is 121 Å². The molecular weight excluding hydrogens is 506 g/mol. The number of hydrogen-bond donors (Lipinski definition) is 0. The van der Waals surface area contributed by atoms with Crippen molar-refractivity contribution in [2.24, 2.45) is 0 Å². The fourth-order valence-electron chi connectivity index (χ4n) is 4.20. The van der Waals surface area contributed by atoms with Crippen molar-refractivity contribution in [3.8, 4) is 50.5 Å². The van der Waals surface area contributed by atoms with Gasteiger partial charge in [0.1, 0.15) is 5.75 Å². The van der Waals surface area contributed by atoms with Gasteiger partial charge in [0.2, 0.25) is 0 Å². The Hall–Kier alpha value is -3.69. The second-order valence-electron chi connectivity index (χ2n) is 8.70. The van der Waals surface area contributed by atoms with Gasteiger partial charge in [-0.2, -0.15) is 0 Å². The van der Waals surface area contributed by atoms with E-state index >= 15 is 0 Å². The van der Waals surface area contributed by atoms with Crippen LogP contribution in [0, 0.1) is 0 Å². The van der Waals surface area contributed by atoms with E-state index in [9.17, 15) is 0 Å². The van der Waals surface area contributed by atoms with Gasteiger partial charge in [0.15, 0.2) is 0 Å². The highest BCUT2D eigenvalue weighted by molar-refractivity contribution is 9.09. The number of ether oxygens (including phenoxy) is 1. The van der Waals surface area contributed by atoms with Crippen molar-refractivity contribution in [2.45, 2.75) is 12.8 Å². The first-order valence-electron chi connectivity index (χ1n) is 12.3. The van der Waals surface area contributed by atoms with Gasteiger partial charge in [0.05, 0.1) is 18.0 Å². The van der Waals surface area contributed by atoms with Gasteiger partial charge in [0, 0.05) is 16.5 Å². The minimum atomic E-state index is 0.752. The maximum absolute atomic E-state index is 5.84. The summed E-state index contributed by atoms with van der Waals surface area (Å²) in [4.78, 5) is 4.99. The molecule has 0 unspecified atom stereocenters. The monoisotopic (exact) mass is 533 g/mol. The number of halogens is 1. The second kappa shape index (κ2) is 11.8. The van der Waals surface area contributed by atoms with Gasteiger partial charge in [0.25, 0.3) is 0 Å². The first kappa shape index (κ1) is 24.0. The van der Waals surface area contributed by atoms with Crippen LogP contribution in [0.4, 0.5) is 0 Å². The number of pyridine rings is 1. The van der Waals surface area contributed by atoms with Crippen LogP contribution in [-0.4, -0.2) is 16.9 Å². The van der Waals surface area contributed by atoms with Crippen LogP contribution in [0.5, 0.6) is 5.75 Å². The first-order chi connectivity index (χ1) is 17.8. The zero-order valence-electron chi connectivity index (χ0n) is 20.1. The summed E-state index contributed by atoms with van der Waals surface area (Å²) in [6.45, 7) is 0.752. The number of hydrogen-bond acceptors (Lipinski definition) is 2. The van der Waals surface area contributed by atoms with Crippen LogP contribution in [0.25, 0.3) is 44.8 Å². The van der Waals surface area contributed by atoms with Gasteiger partial charge in [-0.3, -0.25) is 0 Å². The van der Waals surface area contributed by atoms with E-state index in [4.69, 9.17) is 9.72 Å². The average molecular weight is 534 g/mol. The van der Waals surface area contributed by atoms with Crippen LogP contribution >= 0.6 is 15.9 Å². The normalized spacial score (nSPS) is 10.8. The standard InChI is InChI=1S/C33H28BrNO/c34-21-7-8-22-36-31-19-17-26(18-20-31)25-13-15-27(16-14-25)30-23-32(28-9-3-1-4-10-28)35-33(24-30)29-11-5-2-6-12-29/h1-6,9-20,23-24H,7-8,21-22H2. The van der Waals surface area contributed by atoms with Gasteiger partial charge in [-0.1, -0.05) is 113 Å². The molecule has 0 saturated heterocycles. The zero-order chi connectivity index (χ0) is 24.6. The molecule has 1 aromatic heterocycles. The van der Waals surface area contributed by atoms with Crippen molar-refractivity contribution < 1.29 is 4.74 Å². The predicted octanol–water partition coefficient (Wildman–Crippen LogP) is 9.30. The smallest absolute Gasteiger partial charge is 0.119 e. The van der Waals surface area contributed by atoms with E-state index in [0.29, 0.717) is 0 Å². The van der Waals surface area contributed by atoms with Crippen LogP contribution < -0.4 is 4.74 Å². The van der Waals surface area contributed by atoms with Crippen LogP contribution in [-0.2, 0) is 0 Å². The summed E-state index contributed by atoms with van der Waals surface area (Å²) < 4.78 is 5.84. The SMILES string of the molecule is BrCCCCOc1ccc(-c2ccc(-c3cc(-c4ccccc4)nc(-c4ccccc4)c3)cc2)cc1. The van der Waals surface area contributed by atoms with Gasteiger partial charge < -0.3 is 4.74 Å². The number of unbranched alkanes of at least 4 members (excludes halogenated alkanes) is 1. The maximum Gasteiger partial charge on any atom is 0.119 e. The van der Waals surface area contributed by atoms with Crippen molar-refractivity contribution in [3.63, 3.8) is 0 Å². The van der Waals surface area contributed by atoms with Gasteiger partial charge in [-0.15, -0.1) is 0 Å². The lowest BCUT2D eigenvalue weighted by atomic mass is 9.97. The lowest BCUT2D eigenvalue weighted by Crippen LogP contribution is -1.97.